The van der Waals surface area contributed by atoms with Crippen molar-refractivity contribution in [3.63, 3.8) is 0 Å². The van der Waals surface area contributed by atoms with Crippen molar-refractivity contribution in [3.8, 4) is 5.69 Å². The van der Waals surface area contributed by atoms with Gasteiger partial charge in [-0.2, -0.15) is 0 Å². The lowest BCUT2D eigenvalue weighted by molar-refractivity contribution is 0.611. The van der Waals surface area contributed by atoms with Gasteiger partial charge in [0.05, 0.1) is 24.3 Å². The minimum atomic E-state index is 0.437. The van der Waals surface area contributed by atoms with Gasteiger partial charge in [-0.25, -0.2) is 4.68 Å². The lowest BCUT2D eigenvalue weighted by Crippen LogP contribution is -2.00. The van der Waals surface area contributed by atoms with Crippen molar-refractivity contribution in [2.24, 2.45) is 5.73 Å². The van der Waals surface area contributed by atoms with Gasteiger partial charge in [-0.3, -0.25) is 0 Å². The third kappa shape index (κ3) is 1.30. The average Bonchev–Trinajstić information content (AvgIpc) is 2.97. The SMILES string of the molecule is NCc1cc(-n2ccnn2)cc2ccoc12. The lowest BCUT2D eigenvalue weighted by atomic mass is 10.1. The number of aromatic nitrogens is 3. The van der Waals surface area contributed by atoms with Crippen molar-refractivity contribution in [2.75, 3.05) is 0 Å². The van der Waals surface area contributed by atoms with Crippen LogP contribution in [0.5, 0.6) is 0 Å². The van der Waals surface area contributed by atoms with E-state index in [0.717, 1.165) is 22.2 Å². The zero-order valence-electron chi connectivity index (χ0n) is 8.50. The number of furan rings is 1. The fourth-order valence-electron chi connectivity index (χ4n) is 1.77. The van der Waals surface area contributed by atoms with Crippen molar-refractivity contribution in [1.29, 1.82) is 0 Å². The summed E-state index contributed by atoms with van der Waals surface area (Å²) in [7, 11) is 0. The molecule has 3 rings (SSSR count). The molecule has 0 radical (unpaired) electrons. The van der Waals surface area contributed by atoms with Crippen LogP contribution in [-0.4, -0.2) is 15.0 Å². The van der Waals surface area contributed by atoms with Crippen LogP contribution in [0.2, 0.25) is 0 Å². The Labute approximate surface area is 91.5 Å². The minimum Gasteiger partial charge on any atom is -0.464 e. The normalized spacial score (nSPS) is 11.1. The highest BCUT2D eigenvalue weighted by atomic mass is 16.3. The van der Waals surface area contributed by atoms with Gasteiger partial charge in [0.1, 0.15) is 5.58 Å². The molecule has 3 aromatic rings. The molecule has 1 aromatic carbocycles. The average molecular weight is 214 g/mol. The Kier molecular flexibility index (Phi) is 1.97. The molecule has 0 saturated heterocycles. The second kappa shape index (κ2) is 3.46. The Morgan fingerprint density at radius 3 is 3.06 bits per heavy atom. The first kappa shape index (κ1) is 9.11. The van der Waals surface area contributed by atoms with Gasteiger partial charge in [0.25, 0.3) is 0 Å². The first-order valence-corrected chi connectivity index (χ1v) is 4.95. The number of nitrogens with two attached hydrogens (primary N) is 1. The van der Waals surface area contributed by atoms with Crippen LogP contribution in [0.25, 0.3) is 16.7 Å². The maximum absolute atomic E-state index is 5.69. The topological polar surface area (TPSA) is 69.9 Å². The van der Waals surface area contributed by atoms with Gasteiger partial charge in [0.2, 0.25) is 0 Å². The predicted molar refractivity (Wildman–Crippen MR) is 59.0 cm³/mol. The molecule has 16 heavy (non-hydrogen) atoms. The van der Waals surface area contributed by atoms with E-state index in [4.69, 9.17) is 10.2 Å². The van der Waals surface area contributed by atoms with E-state index in [0.29, 0.717) is 6.54 Å². The number of fused-ring (bicyclic) bond motifs is 1. The molecule has 5 heteroatoms. The quantitative estimate of drug-likeness (QED) is 0.701. The Hall–Kier alpha value is -2.14. The molecule has 2 heterocycles. The summed E-state index contributed by atoms with van der Waals surface area (Å²) in [5, 5.41) is 8.75. The molecule has 5 nitrogen and oxygen atoms in total. The van der Waals surface area contributed by atoms with Crippen LogP contribution in [0, 0.1) is 0 Å². The second-order valence-electron chi connectivity index (χ2n) is 3.50. The number of benzene rings is 1. The van der Waals surface area contributed by atoms with Crippen LogP contribution in [0.4, 0.5) is 0 Å². The molecular formula is C11H10N4O. The highest BCUT2D eigenvalue weighted by Gasteiger charge is 2.07. The maximum Gasteiger partial charge on any atom is 0.138 e. The summed E-state index contributed by atoms with van der Waals surface area (Å²) in [6.45, 7) is 0.437. The molecule has 0 saturated carbocycles. The Balaban J connectivity index is 2.27. The monoisotopic (exact) mass is 214 g/mol. The third-order valence-electron chi connectivity index (χ3n) is 2.52. The van der Waals surface area contributed by atoms with E-state index in [1.807, 2.05) is 18.2 Å². The predicted octanol–water partition coefficient (Wildman–Crippen LogP) is 1.47. The minimum absolute atomic E-state index is 0.437. The number of hydrogen-bond donors (Lipinski definition) is 1. The van der Waals surface area contributed by atoms with E-state index >= 15 is 0 Å². The fraction of sp³-hybridized carbons (Fsp3) is 0.0909. The van der Waals surface area contributed by atoms with Crippen LogP contribution in [0.1, 0.15) is 5.56 Å². The van der Waals surface area contributed by atoms with E-state index in [1.54, 1.807) is 23.3 Å². The molecule has 0 fully saturated rings. The van der Waals surface area contributed by atoms with E-state index < -0.39 is 0 Å². The number of hydrogen-bond acceptors (Lipinski definition) is 4. The number of nitrogens with zero attached hydrogens (tertiary/aromatic N) is 3. The number of rotatable bonds is 2. The fourth-order valence-corrected chi connectivity index (χ4v) is 1.77. The second-order valence-corrected chi connectivity index (χ2v) is 3.50. The molecule has 2 aromatic heterocycles. The summed E-state index contributed by atoms with van der Waals surface area (Å²) in [5.74, 6) is 0. The van der Waals surface area contributed by atoms with E-state index in [-0.39, 0.29) is 0 Å². The smallest absolute Gasteiger partial charge is 0.138 e. The standard InChI is InChI=1S/C11H10N4O/c12-7-9-6-10(15-3-2-13-14-15)5-8-1-4-16-11(8)9/h1-6H,7,12H2. The molecule has 0 atom stereocenters. The summed E-state index contributed by atoms with van der Waals surface area (Å²) >= 11 is 0. The largest absolute Gasteiger partial charge is 0.464 e. The summed E-state index contributed by atoms with van der Waals surface area (Å²) < 4.78 is 7.09. The first-order valence-electron chi connectivity index (χ1n) is 4.95. The summed E-state index contributed by atoms with van der Waals surface area (Å²) in [6.07, 6.45) is 5.10. The van der Waals surface area contributed by atoms with Crippen LogP contribution in [0.3, 0.4) is 0 Å². The molecular weight excluding hydrogens is 204 g/mol. The van der Waals surface area contributed by atoms with Crippen molar-refractivity contribution in [1.82, 2.24) is 15.0 Å². The van der Waals surface area contributed by atoms with Crippen molar-refractivity contribution in [3.05, 3.63) is 42.4 Å². The molecule has 0 aliphatic carbocycles. The highest BCUT2D eigenvalue weighted by molar-refractivity contribution is 5.82. The van der Waals surface area contributed by atoms with Crippen LogP contribution in [0.15, 0.2) is 41.3 Å². The van der Waals surface area contributed by atoms with E-state index in [9.17, 15) is 0 Å². The molecule has 80 valence electrons. The van der Waals surface area contributed by atoms with Crippen molar-refractivity contribution < 1.29 is 4.42 Å². The molecule has 0 unspecified atom stereocenters. The van der Waals surface area contributed by atoms with Gasteiger partial charge in [0, 0.05) is 17.5 Å². The van der Waals surface area contributed by atoms with Crippen LogP contribution < -0.4 is 5.73 Å². The summed E-state index contributed by atoms with van der Waals surface area (Å²) in [4.78, 5) is 0. The maximum atomic E-state index is 5.69. The Bertz CT molecular complexity index is 612. The molecule has 0 amide bonds. The van der Waals surface area contributed by atoms with Gasteiger partial charge in [-0.1, -0.05) is 5.21 Å². The highest BCUT2D eigenvalue weighted by Crippen LogP contribution is 2.23. The zero-order valence-corrected chi connectivity index (χ0v) is 8.50. The molecule has 0 bridgehead atoms. The molecule has 0 spiro atoms. The Morgan fingerprint density at radius 2 is 2.31 bits per heavy atom. The van der Waals surface area contributed by atoms with Crippen LogP contribution >= 0.6 is 0 Å². The first-order chi connectivity index (χ1) is 7.88. The van der Waals surface area contributed by atoms with Crippen molar-refractivity contribution in [2.45, 2.75) is 6.54 Å². The van der Waals surface area contributed by atoms with E-state index in [2.05, 4.69) is 10.3 Å². The van der Waals surface area contributed by atoms with Gasteiger partial charge in [-0.05, 0) is 18.2 Å². The molecule has 2 N–H and O–H groups in total. The van der Waals surface area contributed by atoms with E-state index in [1.165, 1.54) is 0 Å². The van der Waals surface area contributed by atoms with Gasteiger partial charge in [-0.15, -0.1) is 5.10 Å². The van der Waals surface area contributed by atoms with Gasteiger partial charge in [0.15, 0.2) is 0 Å². The summed E-state index contributed by atoms with van der Waals surface area (Å²) in [5.41, 5.74) is 8.43. The van der Waals surface area contributed by atoms with Gasteiger partial charge < -0.3 is 10.2 Å². The molecule has 0 aliphatic rings. The van der Waals surface area contributed by atoms with Crippen molar-refractivity contribution >= 4 is 11.0 Å². The van der Waals surface area contributed by atoms with Gasteiger partial charge >= 0.3 is 0 Å². The summed E-state index contributed by atoms with van der Waals surface area (Å²) in [6, 6.07) is 5.86. The zero-order chi connectivity index (χ0) is 11.0. The lowest BCUT2D eigenvalue weighted by Gasteiger charge is -2.04. The molecule has 0 aliphatic heterocycles. The third-order valence-corrected chi connectivity index (χ3v) is 2.52. The van der Waals surface area contributed by atoms with Crippen LogP contribution in [-0.2, 0) is 6.54 Å². The Morgan fingerprint density at radius 1 is 1.38 bits per heavy atom.